The number of pyridine rings is 1. The molecule has 0 radical (unpaired) electrons. The van der Waals surface area contributed by atoms with Gasteiger partial charge in [0, 0.05) is 19.1 Å². The van der Waals surface area contributed by atoms with E-state index in [1.165, 1.54) is 25.1 Å². The van der Waals surface area contributed by atoms with Crippen LogP contribution in [0.5, 0.6) is 0 Å². The van der Waals surface area contributed by atoms with Crippen molar-refractivity contribution in [2.75, 3.05) is 24.5 Å². The van der Waals surface area contributed by atoms with Crippen LogP contribution in [0.2, 0.25) is 0 Å². The summed E-state index contributed by atoms with van der Waals surface area (Å²) in [5.74, 6) is 1.29. The van der Waals surface area contributed by atoms with Crippen molar-refractivity contribution in [3.8, 4) is 0 Å². The van der Waals surface area contributed by atoms with E-state index in [1.54, 1.807) is 6.07 Å². The number of halogens is 1. The summed E-state index contributed by atoms with van der Waals surface area (Å²) in [7, 11) is 0. The summed E-state index contributed by atoms with van der Waals surface area (Å²) < 4.78 is 12.9. The van der Waals surface area contributed by atoms with Gasteiger partial charge in [0.15, 0.2) is 0 Å². The predicted molar refractivity (Wildman–Crippen MR) is 72.3 cm³/mol. The molecule has 100 valence electrons. The summed E-state index contributed by atoms with van der Waals surface area (Å²) in [4.78, 5) is 6.46. The highest BCUT2D eigenvalue weighted by atomic mass is 19.1. The Labute approximate surface area is 108 Å². The monoisotopic (exact) mass is 251 g/mol. The molecule has 0 bridgehead atoms. The first kappa shape index (κ1) is 13.3. The molecule has 0 aromatic carbocycles. The van der Waals surface area contributed by atoms with Crippen molar-refractivity contribution in [3.05, 3.63) is 24.1 Å². The van der Waals surface area contributed by atoms with Crippen LogP contribution in [0, 0.1) is 11.7 Å². The molecular weight excluding hydrogens is 229 g/mol. The minimum Gasteiger partial charge on any atom is -0.352 e. The lowest BCUT2D eigenvalue weighted by Gasteiger charge is -2.26. The van der Waals surface area contributed by atoms with Crippen LogP contribution < -0.4 is 10.2 Å². The molecule has 3 nitrogen and oxygen atoms in total. The van der Waals surface area contributed by atoms with Gasteiger partial charge in [-0.25, -0.2) is 9.37 Å². The molecule has 0 spiro atoms. The van der Waals surface area contributed by atoms with Gasteiger partial charge in [0.2, 0.25) is 0 Å². The Morgan fingerprint density at radius 2 is 2.33 bits per heavy atom. The van der Waals surface area contributed by atoms with E-state index in [4.69, 9.17) is 0 Å². The molecule has 1 fully saturated rings. The fourth-order valence-corrected chi connectivity index (χ4v) is 2.43. The number of hydrogen-bond donors (Lipinski definition) is 1. The topological polar surface area (TPSA) is 28.2 Å². The third kappa shape index (κ3) is 3.42. The average Bonchev–Trinajstić information content (AvgIpc) is 2.78. The van der Waals surface area contributed by atoms with Gasteiger partial charge in [-0.3, -0.25) is 0 Å². The maximum Gasteiger partial charge on any atom is 0.141 e. The van der Waals surface area contributed by atoms with Crippen molar-refractivity contribution >= 4 is 5.82 Å². The van der Waals surface area contributed by atoms with Crippen molar-refractivity contribution < 1.29 is 4.39 Å². The van der Waals surface area contributed by atoms with Gasteiger partial charge in [0.1, 0.15) is 11.6 Å². The van der Waals surface area contributed by atoms with E-state index in [0.717, 1.165) is 25.5 Å². The van der Waals surface area contributed by atoms with Crippen molar-refractivity contribution in [1.82, 2.24) is 10.3 Å². The third-order valence-electron chi connectivity index (χ3n) is 3.32. The number of hydrogen-bond acceptors (Lipinski definition) is 3. The summed E-state index contributed by atoms with van der Waals surface area (Å²) in [6, 6.07) is 3.75. The second-order valence-electron chi connectivity index (χ2n) is 5.38. The molecule has 1 aliphatic rings. The molecule has 1 saturated heterocycles. The maximum absolute atomic E-state index is 12.9. The summed E-state index contributed by atoms with van der Waals surface area (Å²) in [5, 5.41) is 3.49. The first-order chi connectivity index (χ1) is 8.66. The average molecular weight is 251 g/mol. The number of rotatable bonds is 5. The van der Waals surface area contributed by atoms with Crippen molar-refractivity contribution in [1.29, 1.82) is 0 Å². The molecule has 1 N–H and O–H groups in total. The Hall–Kier alpha value is -1.16. The molecule has 1 aromatic rings. The number of nitrogens with zero attached hydrogens (tertiary/aromatic N) is 2. The summed E-state index contributed by atoms with van der Waals surface area (Å²) in [5.41, 5.74) is 0. The van der Waals surface area contributed by atoms with E-state index in [1.807, 2.05) is 0 Å². The molecule has 1 atom stereocenters. The fourth-order valence-electron chi connectivity index (χ4n) is 2.43. The molecule has 18 heavy (non-hydrogen) atoms. The van der Waals surface area contributed by atoms with Crippen LogP contribution >= 0.6 is 0 Å². The van der Waals surface area contributed by atoms with Gasteiger partial charge in [0.25, 0.3) is 0 Å². The van der Waals surface area contributed by atoms with Gasteiger partial charge in [-0.05, 0) is 37.4 Å². The molecule has 2 heterocycles. The zero-order valence-electron chi connectivity index (χ0n) is 11.2. The highest BCUT2D eigenvalue weighted by Gasteiger charge is 2.25. The van der Waals surface area contributed by atoms with E-state index in [0.29, 0.717) is 12.0 Å². The lowest BCUT2D eigenvalue weighted by molar-refractivity contribution is 0.511. The minimum atomic E-state index is -0.271. The Morgan fingerprint density at radius 1 is 1.50 bits per heavy atom. The molecule has 2 rings (SSSR count). The van der Waals surface area contributed by atoms with Gasteiger partial charge in [-0.15, -0.1) is 0 Å². The van der Waals surface area contributed by atoms with E-state index in [2.05, 4.69) is 29.0 Å². The Morgan fingerprint density at radius 3 is 3.00 bits per heavy atom. The number of aromatic nitrogens is 1. The van der Waals surface area contributed by atoms with Gasteiger partial charge in [-0.1, -0.05) is 13.8 Å². The first-order valence-electron chi connectivity index (χ1n) is 6.75. The summed E-state index contributed by atoms with van der Waals surface area (Å²) in [6.45, 7) is 7.47. The normalized spacial score (nSPS) is 19.8. The van der Waals surface area contributed by atoms with Crippen molar-refractivity contribution in [2.45, 2.75) is 32.7 Å². The highest BCUT2D eigenvalue weighted by molar-refractivity contribution is 5.40. The molecule has 0 amide bonds. The van der Waals surface area contributed by atoms with E-state index < -0.39 is 0 Å². The molecule has 1 unspecified atom stereocenters. The summed E-state index contributed by atoms with van der Waals surface area (Å²) in [6.07, 6.45) is 3.67. The van der Waals surface area contributed by atoms with Gasteiger partial charge >= 0.3 is 0 Å². The van der Waals surface area contributed by atoms with Crippen LogP contribution in [0.1, 0.15) is 26.7 Å². The Kier molecular flexibility index (Phi) is 4.53. The van der Waals surface area contributed by atoms with E-state index in [9.17, 15) is 4.39 Å². The predicted octanol–water partition coefficient (Wildman–Crippen LogP) is 2.44. The summed E-state index contributed by atoms with van der Waals surface area (Å²) >= 11 is 0. The van der Waals surface area contributed by atoms with Crippen LogP contribution in [0.15, 0.2) is 18.3 Å². The Balaban J connectivity index is 1.92. The maximum atomic E-state index is 12.9. The zero-order valence-corrected chi connectivity index (χ0v) is 11.2. The van der Waals surface area contributed by atoms with Crippen LogP contribution in [-0.2, 0) is 0 Å². The van der Waals surface area contributed by atoms with Crippen molar-refractivity contribution in [3.63, 3.8) is 0 Å². The molecular formula is C14H22FN3. The molecule has 4 heteroatoms. The minimum absolute atomic E-state index is 0.271. The lowest BCUT2D eigenvalue weighted by Crippen LogP contribution is -2.39. The second kappa shape index (κ2) is 6.14. The van der Waals surface area contributed by atoms with E-state index >= 15 is 0 Å². The first-order valence-corrected chi connectivity index (χ1v) is 6.75. The van der Waals surface area contributed by atoms with Gasteiger partial charge in [0.05, 0.1) is 6.20 Å². The highest BCUT2D eigenvalue weighted by Crippen LogP contribution is 2.23. The molecule has 1 aliphatic heterocycles. The molecule has 0 saturated carbocycles. The van der Waals surface area contributed by atoms with Crippen LogP contribution in [0.4, 0.5) is 10.2 Å². The second-order valence-corrected chi connectivity index (χ2v) is 5.38. The third-order valence-corrected chi connectivity index (χ3v) is 3.32. The number of nitrogens with one attached hydrogen (secondary N) is 1. The SMILES string of the molecule is CC(C)CNCC1CCCN1c1ccc(F)cn1. The fraction of sp³-hybridized carbons (Fsp3) is 0.643. The van der Waals surface area contributed by atoms with E-state index in [-0.39, 0.29) is 5.82 Å². The quantitative estimate of drug-likeness (QED) is 0.871. The smallest absolute Gasteiger partial charge is 0.141 e. The van der Waals surface area contributed by atoms with Gasteiger partial charge < -0.3 is 10.2 Å². The van der Waals surface area contributed by atoms with Crippen LogP contribution in [0.3, 0.4) is 0 Å². The van der Waals surface area contributed by atoms with Gasteiger partial charge in [-0.2, -0.15) is 0 Å². The molecule has 0 aliphatic carbocycles. The van der Waals surface area contributed by atoms with Crippen LogP contribution in [0.25, 0.3) is 0 Å². The largest absolute Gasteiger partial charge is 0.352 e. The van der Waals surface area contributed by atoms with Crippen LogP contribution in [-0.4, -0.2) is 30.7 Å². The van der Waals surface area contributed by atoms with Crippen molar-refractivity contribution in [2.24, 2.45) is 5.92 Å². The zero-order chi connectivity index (χ0) is 13.0. The standard InChI is InChI=1S/C14H22FN3/c1-11(2)8-16-10-13-4-3-7-18(13)14-6-5-12(15)9-17-14/h5-6,9,11,13,16H,3-4,7-8,10H2,1-2H3. The number of anilines is 1. The lowest BCUT2D eigenvalue weighted by atomic mass is 10.2. The molecule has 1 aromatic heterocycles. The Bertz CT molecular complexity index is 364.